The first-order valence-corrected chi connectivity index (χ1v) is 22.9. The molecular weight excluding hydrogens is 938 g/mol. The largest absolute Gasteiger partial charge is 0.504 e. The fraction of sp³-hybridized carbons (Fsp3) is 0.500. The number of phenols is 8. The van der Waals surface area contributed by atoms with Crippen LogP contribution >= 0.6 is 12.4 Å². The number of phenolic OH excluding ortho intramolecular Hbond substituents is 8. The first-order chi connectivity index (χ1) is 33.0. The van der Waals surface area contributed by atoms with Crippen LogP contribution in [-0.4, -0.2) is 149 Å². The summed E-state index contributed by atoms with van der Waals surface area (Å²) in [4.78, 5) is 11.7. The van der Waals surface area contributed by atoms with Gasteiger partial charge in [-0.1, -0.05) is 12.1 Å². The Labute approximate surface area is 411 Å². The number of aromatic hydroxyl groups is 8. The highest BCUT2D eigenvalue weighted by molar-refractivity contribution is 5.85. The Morgan fingerprint density at radius 1 is 0.571 bits per heavy atom. The summed E-state index contributed by atoms with van der Waals surface area (Å²) in [6.45, 7) is 9.92. The van der Waals surface area contributed by atoms with Crippen LogP contribution in [0.25, 0.3) is 0 Å². The summed E-state index contributed by atoms with van der Waals surface area (Å²) in [5, 5.41) is 80.7. The van der Waals surface area contributed by atoms with Gasteiger partial charge in [-0.3, -0.25) is 4.79 Å². The lowest BCUT2D eigenvalue weighted by Crippen LogP contribution is -2.47. The highest BCUT2D eigenvalue weighted by Crippen LogP contribution is 2.58. The predicted octanol–water partition coefficient (Wildman–Crippen LogP) is 5.26. The standard InChI is InChI=1S/C28H36O10.C22H27NO8.ClH/c1-27(2,3)38-23(32)5-4-8-34-9-10-35-11-12-37-28-15-17-13-21(30)22(31)14-19(17)24(28)18-6-7-20(29)25(33)26(18)36-16-28;23-3-4-28-5-6-29-7-8-31-22-11-13-9-17(25)18(26)10-15(13)19(22)14-1-2-16(24)20(27)21(14)30-12-22;/h6-7,13-14,24,29-31,33H,4-5,8-12,15-16H2,1-3H3;1-2,9-10,19,24-27H,3-8,11-12,23H2;1H. The lowest BCUT2D eigenvalue weighted by molar-refractivity contribution is -0.155. The van der Waals surface area contributed by atoms with Crippen molar-refractivity contribution in [2.24, 2.45) is 5.73 Å². The maximum absolute atomic E-state index is 11.7. The number of hydrogen-bond donors (Lipinski definition) is 9. The van der Waals surface area contributed by atoms with Crippen LogP contribution in [0.5, 0.6) is 57.5 Å². The van der Waals surface area contributed by atoms with Gasteiger partial charge in [0.25, 0.3) is 0 Å². The Hall–Kier alpha value is -5.64. The van der Waals surface area contributed by atoms with Crippen molar-refractivity contribution in [3.8, 4) is 57.5 Å². The first kappa shape index (κ1) is 53.7. The molecule has 2 heterocycles. The number of ether oxygens (including phenoxy) is 9. The lowest BCUT2D eigenvalue weighted by Gasteiger charge is -2.40. The average molecular weight is 1000 g/mol. The molecule has 0 saturated carbocycles. The van der Waals surface area contributed by atoms with Crippen LogP contribution < -0.4 is 15.2 Å². The monoisotopic (exact) mass is 1000 g/mol. The Morgan fingerprint density at radius 2 is 0.971 bits per heavy atom. The van der Waals surface area contributed by atoms with Crippen LogP contribution in [0.15, 0.2) is 48.5 Å². The number of carbonyl (C=O) groups is 1. The molecule has 70 heavy (non-hydrogen) atoms. The number of nitrogens with two attached hydrogens (primary N) is 1. The molecule has 4 aromatic rings. The zero-order valence-corrected chi connectivity index (χ0v) is 40.3. The van der Waals surface area contributed by atoms with Gasteiger partial charge in [0.05, 0.1) is 59.5 Å². The summed E-state index contributed by atoms with van der Waals surface area (Å²) in [5.41, 5.74) is 7.65. The predicted molar refractivity (Wildman–Crippen MR) is 253 cm³/mol. The van der Waals surface area contributed by atoms with E-state index >= 15 is 0 Å². The molecule has 19 nitrogen and oxygen atoms in total. The van der Waals surface area contributed by atoms with E-state index < -0.39 is 22.7 Å². The van der Waals surface area contributed by atoms with Crippen LogP contribution in [0.1, 0.15) is 78.8 Å². The van der Waals surface area contributed by atoms with E-state index in [1.807, 2.05) is 20.8 Å². The van der Waals surface area contributed by atoms with Crippen LogP contribution in [0, 0.1) is 0 Å². The quantitative estimate of drug-likeness (QED) is 0.0310. The second-order valence-electron chi connectivity index (χ2n) is 18.3. The fourth-order valence-corrected chi connectivity index (χ4v) is 9.40. The third kappa shape index (κ3) is 11.9. The van der Waals surface area contributed by atoms with Crippen molar-refractivity contribution >= 4 is 18.4 Å². The van der Waals surface area contributed by atoms with Crippen molar-refractivity contribution in [3.63, 3.8) is 0 Å². The smallest absolute Gasteiger partial charge is 0.306 e. The van der Waals surface area contributed by atoms with Gasteiger partial charge in [0.15, 0.2) is 46.0 Å². The summed E-state index contributed by atoms with van der Waals surface area (Å²) in [7, 11) is 0. The number of halogens is 1. The number of rotatable bonds is 20. The Bertz CT molecular complexity index is 2450. The molecule has 20 heteroatoms. The minimum Gasteiger partial charge on any atom is -0.504 e. The number of esters is 1. The van der Waals surface area contributed by atoms with E-state index in [0.717, 1.165) is 22.3 Å². The Balaban J connectivity index is 0.000000231. The molecule has 0 saturated heterocycles. The molecule has 0 spiro atoms. The molecule has 8 rings (SSSR count). The van der Waals surface area contributed by atoms with Crippen molar-refractivity contribution in [2.75, 3.05) is 85.8 Å². The van der Waals surface area contributed by atoms with E-state index in [9.17, 15) is 45.6 Å². The third-order valence-corrected chi connectivity index (χ3v) is 12.3. The molecule has 4 aromatic carbocycles. The Kier molecular flexibility index (Phi) is 17.7. The zero-order chi connectivity index (χ0) is 49.5. The number of benzene rings is 4. The van der Waals surface area contributed by atoms with Crippen LogP contribution in [-0.2, 0) is 50.8 Å². The van der Waals surface area contributed by atoms with Gasteiger partial charge in [0.1, 0.15) is 30.0 Å². The Morgan fingerprint density at radius 3 is 1.40 bits per heavy atom. The van der Waals surface area contributed by atoms with Crippen molar-refractivity contribution in [2.45, 2.75) is 75.1 Å². The maximum Gasteiger partial charge on any atom is 0.306 e. The van der Waals surface area contributed by atoms with E-state index in [1.54, 1.807) is 12.1 Å². The molecule has 10 N–H and O–H groups in total. The van der Waals surface area contributed by atoms with Crippen LogP contribution in [0.2, 0.25) is 0 Å². The number of hydrogen-bond acceptors (Lipinski definition) is 19. The minimum absolute atomic E-state index is 0. The summed E-state index contributed by atoms with van der Waals surface area (Å²) >= 11 is 0. The van der Waals surface area contributed by atoms with Gasteiger partial charge in [-0.15, -0.1) is 12.4 Å². The van der Waals surface area contributed by atoms with Crippen molar-refractivity contribution in [3.05, 3.63) is 81.9 Å². The van der Waals surface area contributed by atoms with E-state index in [-0.39, 0.29) is 102 Å². The van der Waals surface area contributed by atoms with Crippen molar-refractivity contribution in [1.29, 1.82) is 0 Å². The van der Waals surface area contributed by atoms with Gasteiger partial charge in [-0.25, -0.2) is 0 Å². The summed E-state index contributed by atoms with van der Waals surface area (Å²) < 4.78 is 51.6. The van der Waals surface area contributed by atoms with Crippen molar-refractivity contribution < 1.29 is 88.3 Å². The van der Waals surface area contributed by atoms with Gasteiger partial charge >= 0.3 is 5.97 Å². The normalized spacial score (nSPS) is 20.2. The summed E-state index contributed by atoms with van der Waals surface area (Å²) in [6.07, 6.45) is 1.74. The SMILES string of the molecule is CC(C)(C)OC(=O)CCCOCCOCCOC12COc3c(ccc(O)c3O)C1c1cc(O)c(O)cc1C2.Cl.NCCOCCOCCOC12COc3c(ccc(O)c3O)C1c1cc(O)c(O)cc1C2. The molecule has 0 radical (unpaired) electrons. The van der Waals surface area contributed by atoms with E-state index in [2.05, 4.69) is 0 Å². The topological polar surface area (TPSA) is 288 Å². The molecular formula is C50H64ClNO18. The molecule has 0 bridgehead atoms. The van der Waals surface area contributed by atoms with Crippen LogP contribution in [0.4, 0.5) is 0 Å². The van der Waals surface area contributed by atoms with E-state index in [1.165, 1.54) is 36.4 Å². The van der Waals surface area contributed by atoms with Crippen LogP contribution in [0.3, 0.4) is 0 Å². The average Bonchev–Trinajstić information content (AvgIpc) is 3.79. The molecule has 2 aliphatic carbocycles. The van der Waals surface area contributed by atoms with Gasteiger partial charge < -0.3 is 89.2 Å². The maximum atomic E-state index is 11.7. The molecule has 4 aliphatic rings. The molecule has 4 atom stereocenters. The second-order valence-corrected chi connectivity index (χ2v) is 18.3. The highest BCUT2D eigenvalue weighted by atomic mass is 35.5. The highest BCUT2D eigenvalue weighted by Gasteiger charge is 2.54. The number of fused-ring (bicyclic) bond motifs is 10. The van der Waals surface area contributed by atoms with E-state index in [4.69, 9.17) is 48.4 Å². The summed E-state index contributed by atoms with van der Waals surface area (Å²) in [5.74, 6) is -2.77. The third-order valence-electron chi connectivity index (χ3n) is 12.3. The fourth-order valence-electron chi connectivity index (χ4n) is 9.40. The first-order valence-electron chi connectivity index (χ1n) is 22.9. The second kappa shape index (κ2) is 23.1. The minimum atomic E-state index is -0.847. The molecule has 2 aliphatic heterocycles. The van der Waals surface area contributed by atoms with Gasteiger partial charge in [0, 0.05) is 55.4 Å². The van der Waals surface area contributed by atoms with Gasteiger partial charge in [-0.05, 0) is 85.8 Å². The number of carbonyl (C=O) groups excluding carboxylic acids is 1. The lowest BCUT2D eigenvalue weighted by atomic mass is 9.80. The van der Waals surface area contributed by atoms with Gasteiger partial charge in [-0.2, -0.15) is 0 Å². The molecule has 0 amide bonds. The zero-order valence-electron chi connectivity index (χ0n) is 39.4. The van der Waals surface area contributed by atoms with E-state index in [0.29, 0.717) is 103 Å². The van der Waals surface area contributed by atoms with Gasteiger partial charge in [0.2, 0.25) is 11.5 Å². The van der Waals surface area contributed by atoms with Crippen molar-refractivity contribution in [1.82, 2.24) is 0 Å². The molecule has 0 fully saturated rings. The molecule has 0 aromatic heterocycles. The summed E-state index contributed by atoms with van der Waals surface area (Å²) in [6, 6.07) is 12.2. The molecule has 384 valence electrons. The molecule has 4 unspecified atom stereocenters.